The fourth-order valence-corrected chi connectivity index (χ4v) is 4.52. The van der Waals surface area contributed by atoms with Crippen LogP contribution >= 0.6 is 0 Å². The van der Waals surface area contributed by atoms with E-state index >= 15 is 0 Å². The number of allylic oxidation sites excluding steroid dienone is 1. The molecule has 2 aromatic heterocycles. The van der Waals surface area contributed by atoms with Crippen LogP contribution in [-0.4, -0.2) is 20.7 Å². The summed E-state index contributed by atoms with van der Waals surface area (Å²) in [7, 11) is 0. The Morgan fingerprint density at radius 1 is 1.09 bits per heavy atom. The molecule has 0 saturated heterocycles. The molecule has 160 valence electrons. The van der Waals surface area contributed by atoms with Crippen LogP contribution in [-0.2, 0) is 5.54 Å². The smallest absolute Gasteiger partial charge is 0.164 e. The van der Waals surface area contributed by atoms with Crippen molar-refractivity contribution in [1.82, 2.24) is 14.5 Å². The first-order valence-corrected chi connectivity index (χ1v) is 10.8. The van der Waals surface area contributed by atoms with Crippen LogP contribution in [0.5, 0.6) is 0 Å². The van der Waals surface area contributed by atoms with Gasteiger partial charge in [-0.3, -0.25) is 4.57 Å². The first-order valence-electron chi connectivity index (χ1n) is 10.8. The molecule has 0 unspecified atom stereocenters. The Hall–Kier alpha value is -3.77. The fraction of sp³-hybridized carbons (Fsp3) is 0.192. The zero-order valence-corrected chi connectivity index (χ0v) is 18.0. The van der Waals surface area contributed by atoms with Crippen molar-refractivity contribution >= 4 is 22.8 Å². The summed E-state index contributed by atoms with van der Waals surface area (Å²) in [6.07, 6.45) is 7.60. The number of nitrogens with zero attached hydrogens (tertiary/aromatic N) is 3. The first kappa shape index (κ1) is 20.2. The van der Waals surface area contributed by atoms with Gasteiger partial charge in [0.25, 0.3) is 0 Å². The van der Waals surface area contributed by atoms with E-state index in [1.165, 1.54) is 24.4 Å². The predicted octanol–water partition coefficient (Wildman–Crippen LogP) is 4.68. The van der Waals surface area contributed by atoms with Crippen molar-refractivity contribution in [3.63, 3.8) is 0 Å². The molecule has 0 aliphatic heterocycles. The van der Waals surface area contributed by atoms with Crippen LogP contribution in [0.2, 0.25) is 0 Å². The second-order valence-electron chi connectivity index (χ2n) is 8.43. The first-order chi connectivity index (χ1) is 15.6. The number of aromatic nitrogens is 3. The SMILES string of the molecule is Cc1c(-c2ccccc2)n(-c2ccc(C3(N)CCC3)cc2)c2nc(/C(C=N)=C/N)ncc12. The average Bonchev–Trinajstić information content (AvgIpc) is 3.11. The standard InChI is InChI=1S/C26H26N6/c1-17-22-16-30-24(19(14-27)15-28)31-25(22)32(23(17)18-6-3-2-4-7-18)21-10-8-20(9-11-21)26(29)12-5-13-26/h2-4,6-11,14-16,27H,5,12-13,28-29H2,1H3/b19-15+,27-14?. The minimum absolute atomic E-state index is 0.199. The van der Waals surface area contributed by atoms with Crippen LogP contribution < -0.4 is 11.5 Å². The monoisotopic (exact) mass is 422 g/mol. The van der Waals surface area contributed by atoms with Gasteiger partial charge in [-0.2, -0.15) is 0 Å². The number of hydrogen-bond acceptors (Lipinski definition) is 5. The van der Waals surface area contributed by atoms with Crippen molar-refractivity contribution < 1.29 is 0 Å². The van der Waals surface area contributed by atoms with Crippen LogP contribution in [0, 0.1) is 12.3 Å². The summed E-state index contributed by atoms with van der Waals surface area (Å²) < 4.78 is 2.16. The molecule has 1 aliphatic rings. The van der Waals surface area contributed by atoms with E-state index in [0.29, 0.717) is 11.4 Å². The molecular formula is C26H26N6. The number of hydrogen-bond donors (Lipinski definition) is 3. The molecule has 6 heteroatoms. The molecule has 4 aromatic rings. The van der Waals surface area contributed by atoms with Crippen molar-refractivity contribution in [2.24, 2.45) is 11.5 Å². The Morgan fingerprint density at radius 2 is 1.81 bits per heavy atom. The van der Waals surface area contributed by atoms with Gasteiger partial charge in [-0.25, -0.2) is 9.97 Å². The number of fused-ring (bicyclic) bond motifs is 1. The van der Waals surface area contributed by atoms with E-state index in [9.17, 15) is 0 Å². The molecule has 2 aromatic carbocycles. The second kappa shape index (κ2) is 7.73. The normalized spacial score (nSPS) is 15.5. The molecule has 0 amide bonds. The van der Waals surface area contributed by atoms with Crippen molar-refractivity contribution in [2.45, 2.75) is 31.7 Å². The molecule has 32 heavy (non-hydrogen) atoms. The third-order valence-corrected chi connectivity index (χ3v) is 6.55. The van der Waals surface area contributed by atoms with Gasteiger partial charge in [0.15, 0.2) is 5.82 Å². The number of rotatable bonds is 5. The number of benzene rings is 2. The van der Waals surface area contributed by atoms with Gasteiger partial charge in [-0.1, -0.05) is 42.5 Å². The van der Waals surface area contributed by atoms with Crippen molar-refractivity contribution in [3.05, 3.63) is 83.9 Å². The summed E-state index contributed by atoms with van der Waals surface area (Å²) >= 11 is 0. The molecule has 5 rings (SSSR count). The summed E-state index contributed by atoms with van der Waals surface area (Å²) in [5.41, 5.74) is 18.8. The number of aryl methyl sites for hydroxylation is 1. The lowest BCUT2D eigenvalue weighted by Crippen LogP contribution is -2.43. The van der Waals surface area contributed by atoms with Crippen molar-refractivity contribution in [1.29, 1.82) is 5.41 Å². The maximum atomic E-state index is 7.64. The van der Waals surface area contributed by atoms with E-state index in [1.54, 1.807) is 0 Å². The predicted molar refractivity (Wildman–Crippen MR) is 130 cm³/mol. The molecule has 0 atom stereocenters. The van der Waals surface area contributed by atoms with Gasteiger partial charge in [0.2, 0.25) is 0 Å². The molecule has 6 nitrogen and oxygen atoms in total. The van der Waals surface area contributed by atoms with Crippen molar-refractivity contribution in [3.8, 4) is 16.9 Å². The van der Waals surface area contributed by atoms with Gasteiger partial charge in [0, 0.05) is 35.2 Å². The van der Waals surface area contributed by atoms with E-state index in [2.05, 4.69) is 52.9 Å². The lowest BCUT2D eigenvalue weighted by Gasteiger charge is -2.38. The summed E-state index contributed by atoms with van der Waals surface area (Å²) in [6.45, 7) is 2.10. The number of nitrogens with one attached hydrogen (secondary N) is 1. The average molecular weight is 423 g/mol. The molecule has 0 spiro atoms. The Kier molecular flexibility index (Phi) is 4.87. The van der Waals surface area contributed by atoms with E-state index in [1.807, 2.05) is 24.4 Å². The quantitative estimate of drug-likeness (QED) is 0.406. The molecular weight excluding hydrogens is 396 g/mol. The van der Waals surface area contributed by atoms with Crippen LogP contribution in [0.15, 0.2) is 67.0 Å². The Morgan fingerprint density at radius 3 is 2.41 bits per heavy atom. The molecule has 5 N–H and O–H groups in total. The Bertz CT molecular complexity index is 1330. The Balaban J connectivity index is 1.76. The molecule has 0 radical (unpaired) electrons. The molecule has 1 fully saturated rings. The van der Waals surface area contributed by atoms with Gasteiger partial charge in [0.1, 0.15) is 5.65 Å². The fourth-order valence-electron chi connectivity index (χ4n) is 4.52. The van der Waals surface area contributed by atoms with Gasteiger partial charge in [-0.15, -0.1) is 0 Å². The topological polar surface area (TPSA) is 107 Å². The minimum Gasteiger partial charge on any atom is -0.404 e. The molecule has 1 saturated carbocycles. The maximum Gasteiger partial charge on any atom is 0.164 e. The summed E-state index contributed by atoms with van der Waals surface area (Å²) in [5.74, 6) is 0.431. The van der Waals surface area contributed by atoms with Crippen LogP contribution in [0.1, 0.15) is 36.2 Å². The van der Waals surface area contributed by atoms with Crippen LogP contribution in [0.25, 0.3) is 33.6 Å². The largest absolute Gasteiger partial charge is 0.404 e. The van der Waals surface area contributed by atoms with E-state index in [-0.39, 0.29) is 5.54 Å². The van der Waals surface area contributed by atoms with Crippen LogP contribution in [0.4, 0.5) is 0 Å². The molecule has 2 heterocycles. The maximum absolute atomic E-state index is 7.64. The van der Waals surface area contributed by atoms with E-state index in [0.717, 1.165) is 46.4 Å². The summed E-state index contributed by atoms with van der Waals surface area (Å²) in [6, 6.07) is 18.8. The highest BCUT2D eigenvalue weighted by Gasteiger charge is 2.34. The zero-order chi connectivity index (χ0) is 22.3. The van der Waals surface area contributed by atoms with Gasteiger partial charge in [-0.05, 0) is 55.0 Å². The third-order valence-electron chi connectivity index (χ3n) is 6.55. The highest BCUT2D eigenvalue weighted by Crippen LogP contribution is 2.40. The second-order valence-corrected chi connectivity index (χ2v) is 8.43. The summed E-state index contributed by atoms with van der Waals surface area (Å²) in [4.78, 5) is 9.30. The van der Waals surface area contributed by atoms with Crippen molar-refractivity contribution in [2.75, 3.05) is 0 Å². The van der Waals surface area contributed by atoms with Gasteiger partial charge in [0.05, 0.1) is 11.3 Å². The highest BCUT2D eigenvalue weighted by molar-refractivity contribution is 6.07. The third kappa shape index (κ3) is 3.11. The number of nitrogens with two attached hydrogens (primary N) is 2. The van der Waals surface area contributed by atoms with E-state index in [4.69, 9.17) is 21.9 Å². The van der Waals surface area contributed by atoms with E-state index < -0.39 is 0 Å². The zero-order valence-electron chi connectivity index (χ0n) is 18.0. The highest BCUT2D eigenvalue weighted by atomic mass is 15.1. The van der Waals surface area contributed by atoms with Crippen LogP contribution in [0.3, 0.4) is 0 Å². The molecule has 0 bridgehead atoms. The van der Waals surface area contributed by atoms with Gasteiger partial charge < -0.3 is 16.9 Å². The Labute approximate surface area is 187 Å². The lowest BCUT2D eigenvalue weighted by atomic mass is 9.73. The molecule has 1 aliphatic carbocycles. The minimum atomic E-state index is -0.199. The summed E-state index contributed by atoms with van der Waals surface area (Å²) in [5, 5.41) is 8.60. The van der Waals surface area contributed by atoms with Gasteiger partial charge >= 0.3 is 0 Å². The lowest BCUT2D eigenvalue weighted by molar-refractivity contribution is 0.253.